The Labute approximate surface area is 198 Å². The first-order valence-electron chi connectivity index (χ1n) is 9.90. The van der Waals surface area contributed by atoms with Crippen molar-refractivity contribution < 1.29 is 27.8 Å². The normalized spacial score (nSPS) is 11.9. The van der Waals surface area contributed by atoms with Crippen LogP contribution in [0.1, 0.15) is 16.7 Å². The maximum atomic E-state index is 13.2. The Morgan fingerprint density at radius 1 is 1.03 bits per heavy atom. The Kier molecular flexibility index (Phi) is 8.47. The molecular weight excluding hydrogens is 473 g/mol. The number of hydrogen-bond donors (Lipinski definition) is 1. The molecule has 0 unspecified atom stereocenters. The second-order valence-corrected chi connectivity index (χ2v) is 8.49. The van der Waals surface area contributed by atoms with Crippen molar-refractivity contribution >= 4 is 34.9 Å². The van der Waals surface area contributed by atoms with Crippen molar-refractivity contribution in [2.24, 2.45) is 0 Å². The number of rotatable bonds is 9. The van der Waals surface area contributed by atoms with Crippen molar-refractivity contribution in [3.05, 3.63) is 101 Å². The molecule has 8 heteroatoms. The number of carbonyl (C=O) groups is 1. The first-order valence-corrected chi connectivity index (χ1v) is 11.3. The number of thioether (sulfide) groups is 1. The van der Waals surface area contributed by atoms with Crippen LogP contribution < -0.4 is 4.74 Å². The van der Waals surface area contributed by atoms with E-state index < -0.39 is 25.2 Å². The van der Waals surface area contributed by atoms with E-state index >= 15 is 0 Å². The molecule has 1 N–H and O–H groups in total. The minimum atomic E-state index is -4.31. The molecule has 0 bridgehead atoms. The third-order valence-electron chi connectivity index (χ3n) is 4.58. The van der Waals surface area contributed by atoms with Gasteiger partial charge in [0.15, 0.2) is 6.61 Å². The summed E-state index contributed by atoms with van der Waals surface area (Å²) in [7, 11) is 0. The molecule has 0 spiro atoms. The van der Waals surface area contributed by atoms with Crippen molar-refractivity contribution in [3.63, 3.8) is 0 Å². The van der Waals surface area contributed by atoms with Gasteiger partial charge in [-0.2, -0.15) is 13.2 Å². The minimum absolute atomic E-state index is 0.211. The van der Waals surface area contributed by atoms with Crippen LogP contribution in [0.5, 0.6) is 5.75 Å². The number of carboxylic acid groups (broad SMARTS) is 1. The van der Waals surface area contributed by atoms with Crippen molar-refractivity contribution in [2.75, 3.05) is 12.4 Å². The predicted octanol–water partition coefficient (Wildman–Crippen LogP) is 7.13. The summed E-state index contributed by atoms with van der Waals surface area (Å²) in [5.74, 6) is -0.290. The summed E-state index contributed by atoms with van der Waals surface area (Å²) in [5, 5.41) is 9.10. The fraction of sp³-hybridized carbons (Fsp3) is 0.160. The largest absolute Gasteiger partial charge is 0.482 e. The minimum Gasteiger partial charge on any atom is -0.482 e. The zero-order valence-electron chi connectivity index (χ0n) is 17.3. The van der Waals surface area contributed by atoms with E-state index in [0.29, 0.717) is 27.7 Å². The van der Waals surface area contributed by atoms with E-state index in [-0.39, 0.29) is 5.56 Å². The SMILES string of the molecule is O=C(O)COc1ccc(SCC=C(c2ccccc2)c2ccccc2CC(F)(F)F)c(Cl)c1. The van der Waals surface area contributed by atoms with E-state index in [1.807, 2.05) is 36.4 Å². The van der Waals surface area contributed by atoms with Crippen LogP contribution in [0.4, 0.5) is 13.2 Å². The fourth-order valence-corrected chi connectivity index (χ4v) is 4.33. The van der Waals surface area contributed by atoms with Gasteiger partial charge >= 0.3 is 12.1 Å². The van der Waals surface area contributed by atoms with Crippen LogP contribution in [0.3, 0.4) is 0 Å². The summed E-state index contributed by atoms with van der Waals surface area (Å²) in [6.07, 6.45) is -3.44. The van der Waals surface area contributed by atoms with Crippen LogP contribution in [0.25, 0.3) is 5.57 Å². The van der Waals surface area contributed by atoms with Crippen LogP contribution in [0.2, 0.25) is 5.02 Å². The van der Waals surface area contributed by atoms with Crippen molar-refractivity contribution in [3.8, 4) is 5.75 Å². The van der Waals surface area contributed by atoms with Gasteiger partial charge in [0, 0.05) is 10.6 Å². The molecule has 0 radical (unpaired) electrons. The van der Waals surface area contributed by atoms with Gasteiger partial charge in [0.25, 0.3) is 0 Å². The zero-order valence-corrected chi connectivity index (χ0v) is 18.9. The molecule has 0 fully saturated rings. The molecule has 0 saturated heterocycles. The summed E-state index contributed by atoms with van der Waals surface area (Å²) in [6, 6.07) is 20.7. The average molecular weight is 493 g/mol. The van der Waals surface area contributed by atoms with E-state index in [0.717, 1.165) is 10.5 Å². The second kappa shape index (κ2) is 11.3. The van der Waals surface area contributed by atoms with Crippen LogP contribution in [0, 0.1) is 0 Å². The van der Waals surface area contributed by atoms with E-state index in [1.165, 1.54) is 23.9 Å². The van der Waals surface area contributed by atoms with Gasteiger partial charge in [-0.25, -0.2) is 4.79 Å². The number of carboxylic acids is 1. The molecular formula is C25H20ClF3O3S. The second-order valence-electron chi connectivity index (χ2n) is 7.02. The van der Waals surface area contributed by atoms with Crippen LogP contribution in [0.15, 0.2) is 83.8 Å². The van der Waals surface area contributed by atoms with Crippen molar-refractivity contribution in [1.29, 1.82) is 0 Å². The number of ether oxygens (including phenoxy) is 1. The summed E-state index contributed by atoms with van der Waals surface area (Å²) >= 11 is 7.71. The molecule has 33 heavy (non-hydrogen) atoms. The highest BCUT2D eigenvalue weighted by Crippen LogP contribution is 2.34. The zero-order chi connectivity index (χ0) is 23.8. The molecule has 0 aromatic heterocycles. The number of halogens is 4. The maximum Gasteiger partial charge on any atom is 0.393 e. The Hall–Kier alpha value is -2.90. The molecule has 3 aromatic rings. The number of hydrogen-bond acceptors (Lipinski definition) is 3. The van der Waals surface area contributed by atoms with Crippen LogP contribution in [-0.4, -0.2) is 29.6 Å². The summed E-state index contributed by atoms with van der Waals surface area (Å²) in [4.78, 5) is 11.4. The Morgan fingerprint density at radius 3 is 2.39 bits per heavy atom. The topological polar surface area (TPSA) is 46.5 Å². The molecule has 0 aliphatic rings. The number of aliphatic carboxylic acids is 1. The van der Waals surface area contributed by atoms with Crippen LogP contribution in [-0.2, 0) is 11.2 Å². The van der Waals surface area contributed by atoms with E-state index in [2.05, 4.69) is 0 Å². The highest BCUT2D eigenvalue weighted by Gasteiger charge is 2.29. The highest BCUT2D eigenvalue weighted by molar-refractivity contribution is 7.99. The van der Waals surface area contributed by atoms with E-state index in [4.69, 9.17) is 21.4 Å². The third-order valence-corrected chi connectivity index (χ3v) is 6.00. The van der Waals surface area contributed by atoms with Gasteiger partial charge in [-0.3, -0.25) is 0 Å². The molecule has 3 rings (SSSR count). The fourth-order valence-electron chi connectivity index (χ4n) is 3.20. The molecule has 0 aliphatic carbocycles. The van der Waals surface area contributed by atoms with Gasteiger partial charge in [-0.15, -0.1) is 11.8 Å². The lowest BCUT2D eigenvalue weighted by Gasteiger charge is -2.15. The van der Waals surface area contributed by atoms with Crippen molar-refractivity contribution in [1.82, 2.24) is 0 Å². The van der Waals surface area contributed by atoms with Gasteiger partial charge in [0.05, 0.1) is 11.4 Å². The lowest BCUT2D eigenvalue weighted by Crippen LogP contribution is -2.13. The quantitative estimate of drug-likeness (QED) is 0.323. The first-order chi connectivity index (χ1) is 15.7. The summed E-state index contributed by atoms with van der Waals surface area (Å²) < 4.78 is 44.6. The van der Waals surface area contributed by atoms with Gasteiger partial charge in [0.1, 0.15) is 5.75 Å². The maximum absolute atomic E-state index is 13.2. The van der Waals surface area contributed by atoms with Gasteiger partial charge in [-0.1, -0.05) is 72.3 Å². The van der Waals surface area contributed by atoms with E-state index in [1.54, 1.807) is 30.3 Å². The Balaban J connectivity index is 1.86. The van der Waals surface area contributed by atoms with Gasteiger partial charge < -0.3 is 9.84 Å². The molecule has 3 nitrogen and oxygen atoms in total. The Morgan fingerprint density at radius 2 is 1.73 bits per heavy atom. The van der Waals surface area contributed by atoms with E-state index in [9.17, 15) is 18.0 Å². The molecule has 0 atom stereocenters. The lowest BCUT2D eigenvalue weighted by atomic mass is 9.92. The number of benzene rings is 3. The number of alkyl halides is 3. The average Bonchev–Trinajstić information content (AvgIpc) is 2.77. The highest BCUT2D eigenvalue weighted by atomic mass is 35.5. The molecule has 0 saturated carbocycles. The monoisotopic (exact) mass is 492 g/mol. The molecule has 0 aliphatic heterocycles. The molecule has 172 valence electrons. The summed E-state index contributed by atoms with van der Waals surface area (Å²) in [6.45, 7) is -0.469. The first kappa shape index (κ1) is 24.7. The third kappa shape index (κ3) is 7.58. The Bertz CT molecular complexity index is 1130. The standard InChI is InChI=1S/C25H20ClF3O3S/c26-22-14-19(32-16-24(30)31)10-11-23(22)33-13-12-21(17-6-2-1-3-7-17)20-9-5-4-8-18(20)15-25(27,28)29/h1-12,14H,13,15-16H2,(H,30,31). The van der Waals surface area contributed by atoms with Crippen LogP contribution >= 0.6 is 23.4 Å². The molecule has 0 heterocycles. The van der Waals surface area contributed by atoms with Gasteiger partial charge in [-0.05, 0) is 40.5 Å². The predicted molar refractivity (Wildman–Crippen MR) is 125 cm³/mol. The van der Waals surface area contributed by atoms with Gasteiger partial charge in [0.2, 0.25) is 0 Å². The molecule has 3 aromatic carbocycles. The molecule has 0 amide bonds. The lowest BCUT2D eigenvalue weighted by molar-refractivity contribution is -0.139. The summed E-state index contributed by atoms with van der Waals surface area (Å²) in [5.41, 5.74) is 2.27. The smallest absolute Gasteiger partial charge is 0.393 e. The van der Waals surface area contributed by atoms with Crippen molar-refractivity contribution in [2.45, 2.75) is 17.5 Å².